The van der Waals surface area contributed by atoms with Gasteiger partial charge in [-0.2, -0.15) is 4.31 Å². The van der Waals surface area contributed by atoms with E-state index in [1.165, 1.54) is 21.2 Å². The summed E-state index contributed by atoms with van der Waals surface area (Å²) in [5.41, 5.74) is 1.06. The number of amides is 1. The number of nitrogens with zero attached hydrogens (tertiary/aromatic N) is 2. The van der Waals surface area contributed by atoms with Gasteiger partial charge in [-0.1, -0.05) is 0 Å². The Hall–Kier alpha value is -2.13. The van der Waals surface area contributed by atoms with Gasteiger partial charge in [0.15, 0.2) is 6.73 Å². The van der Waals surface area contributed by atoms with Crippen LogP contribution in [0.4, 0.5) is 0 Å². The summed E-state index contributed by atoms with van der Waals surface area (Å²) in [5.74, 6) is 0.0696. The molecule has 0 saturated carbocycles. The molecule has 0 heterocycles. The van der Waals surface area contributed by atoms with Gasteiger partial charge in [0.25, 0.3) is 6.47 Å². The number of ether oxygens (including phenoxy) is 2. The van der Waals surface area contributed by atoms with E-state index in [0.29, 0.717) is 16.9 Å². The molecular formula is C15H22N2O6S. The molecule has 1 aromatic rings. The van der Waals surface area contributed by atoms with Gasteiger partial charge < -0.3 is 14.4 Å². The first-order valence-corrected chi connectivity index (χ1v) is 8.50. The van der Waals surface area contributed by atoms with Crippen molar-refractivity contribution >= 4 is 22.4 Å². The normalized spacial score (nSPS) is 11.2. The molecule has 0 spiro atoms. The third-order valence-electron chi connectivity index (χ3n) is 3.46. The predicted molar refractivity (Wildman–Crippen MR) is 87.1 cm³/mol. The molecule has 0 unspecified atom stereocenters. The zero-order valence-corrected chi connectivity index (χ0v) is 15.2. The molecule has 0 bridgehead atoms. The van der Waals surface area contributed by atoms with E-state index in [0.717, 1.165) is 9.21 Å². The lowest BCUT2D eigenvalue weighted by Crippen LogP contribution is -2.40. The van der Waals surface area contributed by atoms with Crippen LogP contribution in [0.2, 0.25) is 0 Å². The SMILES string of the molecule is COc1cc(C)c(S(=O)(=O)N(C)CC(=O)N(C)COC=O)c(C)c1. The number of hydrogen-bond acceptors (Lipinski definition) is 6. The number of sulfonamides is 1. The van der Waals surface area contributed by atoms with E-state index in [1.807, 2.05) is 0 Å². The van der Waals surface area contributed by atoms with Crippen LogP contribution in [0.25, 0.3) is 0 Å². The van der Waals surface area contributed by atoms with Crippen molar-refractivity contribution in [1.82, 2.24) is 9.21 Å². The quantitative estimate of drug-likeness (QED) is 0.497. The van der Waals surface area contributed by atoms with Crippen molar-refractivity contribution in [3.05, 3.63) is 23.3 Å². The number of likely N-dealkylation sites (N-methyl/N-ethyl adjacent to an activating group) is 2. The van der Waals surface area contributed by atoms with Crippen LogP contribution in [-0.4, -0.2) is 64.5 Å². The molecule has 0 fully saturated rings. The number of carbonyl (C=O) groups excluding carboxylic acids is 2. The topological polar surface area (TPSA) is 93.2 Å². The molecule has 0 aromatic heterocycles. The summed E-state index contributed by atoms with van der Waals surface area (Å²) in [4.78, 5) is 23.4. The van der Waals surface area contributed by atoms with Crippen molar-refractivity contribution in [1.29, 1.82) is 0 Å². The minimum atomic E-state index is -3.85. The van der Waals surface area contributed by atoms with Crippen LogP contribution in [0, 0.1) is 13.8 Å². The van der Waals surface area contributed by atoms with E-state index < -0.39 is 15.9 Å². The predicted octanol–water partition coefficient (Wildman–Crippen LogP) is 0.521. The van der Waals surface area contributed by atoms with Crippen LogP contribution in [0.15, 0.2) is 17.0 Å². The Bertz CT molecular complexity index is 694. The smallest absolute Gasteiger partial charge is 0.294 e. The summed E-state index contributed by atoms with van der Waals surface area (Å²) >= 11 is 0. The van der Waals surface area contributed by atoms with E-state index in [9.17, 15) is 18.0 Å². The van der Waals surface area contributed by atoms with Gasteiger partial charge in [0.1, 0.15) is 5.75 Å². The first-order valence-electron chi connectivity index (χ1n) is 7.06. The van der Waals surface area contributed by atoms with Gasteiger partial charge in [-0.15, -0.1) is 0 Å². The molecule has 8 nitrogen and oxygen atoms in total. The van der Waals surface area contributed by atoms with Crippen molar-refractivity contribution in [3.63, 3.8) is 0 Å². The Kier molecular flexibility index (Phi) is 6.73. The molecule has 1 aromatic carbocycles. The monoisotopic (exact) mass is 358 g/mol. The highest BCUT2D eigenvalue weighted by Crippen LogP contribution is 2.27. The van der Waals surface area contributed by atoms with E-state index >= 15 is 0 Å². The van der Waals surface area contributed by atoms with Crippen molar-refractivity contribution in [2.45, 2.75) is 18.7 Å². The van der Waals surface area contributed by atoms with Gasteiger partial charge in [0, 0.05) is 14.1 Å². The maximum Gasteiger partial charge on any atom is 0.294 e. The van der Waals surface area contributed by atoms with Crippen LogP contribution in [0.1, 0.15) is 11.1 Å². The van der Waals surface area contributed by atoms with Gasteiger partial charge >= 0.3 is 0 Å². The van der Waals surface area contributed by atoms with Crippen LogP contribution >= 0.6 is 0 Å². The maximum atomic E-state index is 12.8. The lowest BCUT2D eigenvalue weighted by atomic mass is 10.1. The lowest BCUT2D eigenvalue weighted by molar-refractivity contribution is -0.141. The largest absolute Gasteiger partial charge is 0.497 e. The molecule has 0 N–H and O–H groups in total. The summed E-state index contributed by atoms with van der Waals surface area (Å²) in [6, 6.07) is 3.25. The van der Waals surface area contributed by atoms with Gasteiger partial charge in [-0.05, 0) is 37.1 Å². The van der Waals surface area contributed by atoms with E-state index in [-0.39, 0.29) is 24.6 Å². The Morgan fingerprint density at radius 1 is 1.21 bits per heavy atom. The van der Waals surface area contributed by atoms with Crippen LogP contribution in [0.5, 0.6) is 5.75 Å². The third-order valence-corrected chi connectivity index (χ3v) is 5.57. The highest BCUT2D eigenvalue weighted by molar-refractivity contribution is 7.89. The Morgan fingerprint density at radius 3 is 2.21 bits per heavy atom. The highest BCUT2D eigenvalue weighted by Gasteiger charge is 2.27. The molecule has 0 radical (unpaired) electrons. The lowest BCUT2D eigenvalue weighted by Gasteiger charge is -2.22. The zero-order valence-electron chi connectivity index (χ0n) is 14.4. The number of benzene rings is 1. The zero-order chi connectivity index (χ0) is 18.5. The maximum absolute atomic E-state index is 12.8. The number of aryl methyl sites for hydroxylation is 2. The minimum Gasteiger partial charge on any atom is -0.497 e. The molecule has 1 amide bonds. The summed E-state index contributed by atoms with van der Waals surface area (Å²) in [7, 11) is 0.387. The van der Waals surface area contributed by atoms with Crippen LogP contribution in [0.3, 0.4) is 0 Å². The average Bonchev–Trinajstić information content (AvgIpc) is 2.51. The average molecular weight is 358 g/mol. The minimum absolute atomic E-state index is 0.144. The third kappa shape index (κ3) is 4.45. The molecular weight excluding hydrogens is 336 g/mol. The molecule has 0 aliphatic carbocycles. The second-order valence-electron chi connectivity index (χ2n) is 5.34. The van der Waals surface area contributed by atoms with Crippen molar-refractivity contribution in [3.8, 4) is 5.75 Å². The molecule has 9 heteroatoms. The summed E-state index contributed by atoms with van der Waals surface area (Å²) in [6.45, 7) is 2.95. The Labute approximate surface area is 142 Å². The molecule has 24 heavy (non-hydrogen) atoms. The molecule has 0 aliphatic rings. The van der Waals surface area contributed by atoms with Gasteiger partial charge in [-0.25, -0.2) is 8.42 Å². The summed E-state index contributed by atoms with van der Waals surface area (Å²) < 4.78 is 36.1. The van der Waals surface area contributed by atoms with Crippen molar-refractivity contribution in [2.24, 2.45) is 0 Å². The fourth-order valence-electron chi connectivity index (χ4n) is 2.20. The highest BCUT2D eigenvalue weighted by atomic mass is 32.2. The Balaban J connectivity index is 3.04. The summed E-state index contributed by atoms with van der Waals surface area (Å²) in [5, 5.41) is 0. The molecule has 0 saturated heterocycles. The van der Waals surface area contributed by atoms with Crippen molar-refractivity contribution in [2.75, 3.05) is 34.5 Å². The number of carbonyl (C=O) groups is 2. The number of methoxy groups -OCH3 is 1. The number of hydrogen-bond donors (Lipinski definition) is 0. The van der Waals surface area contributed by atoms with Gasteiger partial charge in [0.05, 0.1) is 18.6 Å². The molecule has 1 rings (SSSR count). The van der Waals surface area contributed by atoms with Crippen LogP contribution < -0.4 is 4.74 Å². The van der Waals surface area contributed by atoms with Gasteiger partial charge in [-0.3, -0.25) is 9.59 Å². The van der Waals surface area contributed by atoms with Gasteiger partial charge in [0.2, 0.25) is 15.9 Å². The molecule has 0 aliphatic heterocycles. The molecule has 134 valence electrons. The Morgan fingerprint density at radius 2 is 1.75 bits per heavy atom. The second-order valence-corrected chi connectivity index (χ2v) is 7.32. The first kappa shape index (κ1) is 19.9. The number of rotatable bonds is 8. The van der Waals surface area contributed by atoms with Crippen molar-refractivity contribution < 1.29 is 27.5 Å². The first-order chi connectivity index (χ1) is 11.1. The van der Waals surface area contributed by atoms with E-state index in [4.69, 9.17) is 4.74 Å². The fourth-order valence-corrected chi connectivity index (χ4v) is 3.73. The van der Waals surface area contributed by atoms with Crippen LogP contribution in [-0.2, 0) is 24.3 Å². The molecule has 0 atom stereocenters. The standard InChI is InChI=1S/C15H22N2O6S/c1-11-6-13(22-5)7-12(2)15(11)24(20,21)17(4)8-14(19)16(3)9-23-10-18/h6-7,10H,8-9H2,1-5H3. The summed E-state index contributed by atoms with van der Waals surface area (Å²) in [6.07, 6.45) is 0. The second kappa shape index (κ2) is 8.11. The fraction of sp³-hybridized carbons (Fsp3) is 0.467. The van der Waals surface area contributed by atoms with E-state index in [2.05, 4.69) is 4.74 Å². The van der Waals surface area contributed by atoms with E-state index in [1.54, 1.807) is 26.0 Å².